The number of hydrogen-bond acceptors (Lipinski definition) is 5. The molecular formula is C20H19N5O2. The lowest BCUT2D eigenvalue weighted by Crippen LogP contribution is -2.23. The zero-order valence-electron chi connectivity index (χ0n) is 15.3. The van der Waals surface area contributed by atoms with Crippen LogP contribution in [0.4, 0.5) is 17.1 Å². The Hall–Kier alpha value is -3.61. The smallest absolute Gasteiger partial charge is 0.296 e. The number of anilines is 1. The predicted octanol–water partition coefficient (Wildman–Crippen LogP) is 4.27. The first-order valence-corrected chi connectivity index (χ1v) is 8.38. The Balaban J connectivity index is 1.68. The lowest BCUT2D eigenvalue weighted by Gasteiger charge is -2.05. The molecule has 0 saturated carbocycles. The first-order valence-electron chi connectivity index (χ1n) is 8.38. The molecule has 0 bridgehead atoms. The average Bonchev–Trinajstić information content (AvgIpc) is 2.93. The minimum absolute atomic E-state index is 0.336. The third-order valence-electron chi connectivity index (χ3n) is 4.10. The summed E-state index contributed by atoms with van der Waals surface area (Å²) in [6.45, 7) is 3.47. The monoisotopic (exact) mass is 361 g/mol. The second kappa shape index (κ2) is 7.74. The summed E-state index contributed by atoms with van der Waals surface area (Å²) < 4.78 is 1.59. The number of nitrogens with zero attached hydrogens (tertiary/aromatic N) is 4. The third kappa shape index (κ3) is 4.14. The van der Waals surface area contributed by atoms with Crippen LogP contribution in [0.2, 0.25) is 0 Å². The van der Waals surface area contributed by atoms with Crippen LogP contribution in [0.1, 0.15) is 21.7 Å². The number of benzene rings is 2. The molecule has 0 atom stereocenters. The molecule has 0 saturated heterocycles. The van der Waals surface area contributed by atoms with Crippen LogP contribution >= 0.6 is 0 Å². The minimum atomic E-state index is -0.701. The third-order valence-corrected chi connectivity index (χ3v) is 4.10. The highest BCUT2D eigenvalue weighted by Gasteiger charge is 2.23. The number of ketones is 1. The van der Waals surface area contributed by atoms with E-state index in [4.69, 9.17) is 0 Å². The number of nitrogens with one attached hydrogen (secondary N) is 1. The van der Waals surface area contributed by atoms with E-state index in [-0.39, 0.29) is 0 Å². The van der Waals surface area contributed by atoms with Crippen molar-refractivity contribution >= 4 is 28.8 Å². The summed E-state index contributed by atoms with van der Waals surface area (Å²) in [4.78, 5) is 24.7. The van der Waals surface area contributed by atoms with Crippen LogP contribution in [-0.4, -0.2) is 21.5 Å². The normalized spacial score (nSPS) is 10.9. The highest BCUT2D eigenvalue weighted by Crippen LogP contribution is 2.20. The average molecular weight is 361 g/mol. The standard InChI is InChI=1S/C20H19N5O2/c1-13-18(14(2)25(3)24-13)19(26)20(27)21-15-9-11-17(12-10-15)23-22-16-7-5-4-6-8-16/h4-12H,1-3H3,(H,21,27). The molecule has 0 aliphatic rings. The number of carbonyl (C=O) groups excluding carboxylic acids is 2. The molecule has 7 heteroatoms. The molecule has 0 aliphatic carbocycles. The molecule has 3 rings (SSSR count). The van der Waals surface area contributed by atoms with Crippen molar-refractivity contribution in [1.29, 1.82) is 0 Å². The van der Waals surface area contributed by atoms with Crippen molar-refractivity contribution in [2.75, 3.05) is 5.32 Å². The van der Waals surface area contributed by atoms with Gasteiger partial charge in [0.1, 0.15) is 0 Å². The molecule has 1 heterocycles. The maximum absolute atomic E-state index is 12.4. The maximum Gasteiger partial charge on any atom is 0.296 e. The summed E-state index contributed by atoms with van der Waals surface area (Å²) in [6.07, 6.45) is 0. The predicted molar refractivity (Wildman–Crippen MR) is 103 cm³/mol. The number of azo groups is 1. The number of carbonyl (C=O) groups is 2. The molecule has 0 fully saturated rings. The molecule has 1 aromatic heterocycles. The van der Waals surface area contributed by atoms with E-state index in [2.05, 4.69) is 20.6 Å². The Bertz CT molecular complexity index is 1000. The molecule has 2 aromatic carbocycles. The van der Waals surface area contributed by atoms with E-state index < -0.39 is 11.7 Å². The molecule has 27 heavy (non-hydrogen) atoms. The summed E-state index contributed by atoms with van der Waals surface area (Å²) in [5.74, 6) is -1.31. The SMILES string of the molecule is Cc1nn(C)c(C)c1C(=O)C(=O)Nc1ccc(N=Nc2ccccc2)cc1. The van der Waals surface area contributed by atoms with E-state index in [9.17, 15) is 9.59 Å². The molecule has 0 aliphatic heterocycles. The van der Waals surface area contributed by atoms with E-state index in [0.29, 0.717) is 28.3 Å². The topological polar surface area (TPSA) is 88.7 Å². The lowest BCUT2D eigenvalue weighted by molar-refractivity contribution is -0.112. The Labute approximate surface area is 156 Å². The number of rotatable bonds is 5. The summed E-state index contributed by atoms with van der Waals surface area (Å²) in [5, 5.41) is 15.0. The van der Waals surface area contributed by atoms with Gasteiger partial charge in [-0.25, -0.2) is 0 Å². The number of amides is 1. The van der Waals surface area contributed by atoms with Gasteiger partial charge in [-0.15, -0.1) is 0 Å². The fourth-order valence-electron chi connectivity index (χ4n) is 2.63. The molecular weight excluding hydrogens is 342 g/mol. The number of hydrogen-bond donors (Lipinski definition) is 1. The Kier molecular flexibility index (Phi) is 5.21. The maximum atomic E-state index is 12.4. The molecule has 1 N–H and O–H groups in total. The molecule has 136 valence electrons. The molecule has 0 unspecified atom stereocenters. The van der Waals surface area contributed by atoms with Crippen LogP contribution in [0.3, 0.4) is 0 Å². The Morgan fingerprint density at radius 1 is 0.926 bits per heavy atom. The highest BCUT2D eigenvalue weighted by atomic mass is 16.2. The zero-order chi connectivity index (χ0) is 19.4. The van der Waals surface area contributed by atoms with Gasteiger partial charge in [0, 0.05) is 18.4 Å². The van der Waals surface area contributed by atoms with E-state index in [1.165, 1.54) is 0 Å². The molecule has 1 amide bonds. The Morgan fingerprint density at radius 2 is 1.52 bits per heavy atom. The van der Waals surface area contributed by atoms with Crippen molar-refractivity contribution in [3.63, 3.8) is 0 Å². The summed E-state index contributed by atoms with van der Waals surface area (Å²) in [5.41, 5.74) is 3.43. The summed E-state index contributed by atoms with van der Waals surface area (Å²) in [6, 6.07) is 16.2. The number of aryl methyl sites for hydroxylation is 2. The van der Waals surface area contributed by atoms with Gasteiger partial charge >= 0.3 is 0 Å². The van der Waals surface area contributed by atoms with Gasteiger partial charge < -0.3 is 5.32 Å². The van der Waals surface area contributed by atoms with Gasteiger partial charge in [-0.1, -0.05) is 18.2 Å². The van der Waals surface area contributed by atoms with Gasteiger partial charge in [0.25, 0.3) is 11.7 Å². The van der Waals surface area contributed by atoms with Gasteiger partial charge in [-0.05, 0) is 50.2 Å². The summed E-state index contributed by atoms with van der Waals surface area (Å²) >= 11 is 0. The van der Waals surface area contributed by atoms with E-state index >= 15 is 0 Å². The fraction of sp³-hybridized carbons (Fsp3) is 0.150. The lowest BCUT2D eigenvalue weighted by atomic mass is 10.1. The molecule has 7 nitrogen and oxygen atoms in total. The Morgan fingerprint density at radius 3 is 2.07 bits per heavy atom. The van der Waals surface area contributed by atoms with Crippen LogP contribution in [-0.2, 0) is 11.8 Å². The second-order valence-electron chi connectivity index (χ2n) is 6.04. The van der Waals surface area contributed by atoms with E-state index in [1.807, 2.05) is 30.3 Å². The van der Waals surface area contributed by atoms with E-state index in [0.717, 1.165) is 5.69 Å². The molecule has 3 aromatic rings. The first kappa shape index (κ1) is 18.2. The van der Waals surface area contributed by atoms with Gasteiger partial charge in [0.15, 0.2) is 0 Å². The van der Waals surface area contributed by atoms with Crippen molar-refractivity contribution in [2.24, 2.45) is 17.3 Å². The quantitative estimate of drug-likeness (QED) is 0.418. The van der Waals surface area contributed by atoms with Crippen molar-refractivity contribution in [3.8, 4) is 0 Å². The largest absolute Gasteiger partial charge is 0.319 e. The van der Waals surface area contributed by atoms with Crippen molar-refractivity contribution in [3.05, 3.63) is 71.5 Å². The number of aromatic nitrogens is 2. The van der Waals surface area contributed by atoms with Crippen molar-refractivity contribution in [2.45, 2.75) is 13.8 Å². The fourth-order valence-corrected chi connectivity index (χ4v) is 2.63. The molecule has 0 spiro atoms. The van der Waals surface area contributed by atoms with Crippen LogP contribution in [0.5, 0.6) is 0 Å². The highest BCUT2D eigenvalue weighted by molar-refractivity contribution is 6.47. The molecule has 0 radical (unpaired) electrons. The zero-order valence-corrected chi connectivity index (χ0v) is 15.3. The van der Waals surface area contributed by atoms with Crippen molar-refractivity contribution in [1.82, 2.24) is 9.78 Å². The van der Waals surface area contributed by atoms with Crippen molar-refractivity contribution < 1.29 is 9.59 Å². The second-order valence-corrected chi connectivity index (χ2v) is 6.04. The van der Waals surface area contributed by atoms with Crippen LogP contribution in [0, 0.1) is 13.8 Å². The van der Waals surface area contributed by atoms with Gasteiger partial charge in [0.05, 0.1) is 22.6 Å². The summed E-state index contributed by atoms with van der Waals surface area (Å²) in [7, 11) is 1.74. The van der Waals surface area contributed by atoms with Crippen LogP contribution in [0.15, 0.2) is 64.8 Å². The van der Waals surface area contributed by atoms with Gasteiger partial charge in [-0.2, -0.15) is 15.3 Å². The minimum Gasteiger partial charge on any atom is -0.319 e. The van der Waals surface area contributed by atoms with Gasteiger partial charge in [-0.3, -0.25) is 14.3 Å². The first-order chi connectivity index (χ1) is 13.0. The number of Topliss-reactive ketones (excluding diaryl/α,β-unsaturated/α-hetero) is 1. The van der Waals surface area contributed by atoms with Crippen LogP contribution in [0.25, 0.3) is 0 Å². The van der Waals surface area contributed by atoms with E-state index in [1.54, 1.807) is 49.8 Å². The van der Waals surface area contributed by atoms with Gasteiger partial charge in [0.2, 0.25) is 0 Å². The van der Waals surface area contributed by atoms with Crippen LogP contribution < -0.4 is 5.32 Å².